The van der Waals surface area contributed by atoms with Gasteiger partial charge in [-0.25, -0.2) is 0 Å². The van der Waals surface area contributed by atoms with Crippen molar-refractivity contribution in [3.05, 3.63) is 58.3 Å². The number of furan rings is 1. The van der Waals surface area contributed by atoms with Gasteiger partial charge in [0, 0.05) is 28.9 Å². The molecule has 0 aliphatic heterocycles. The summed E-state index contributed by atoms with van der Waals surface area (Å²) < 4.78 is 49.1. The summed E-state index contributed by atoms with van der Waals surface area (Å²) in [6, 6.07) is 6.85. The zero-order valence-corrected chi connectivity index (χ0v) is 18.0. The van der Waals surface area contributed by atoms with Crippen LogP contribution in [0.1, 0.15) is 10.4 Å². The van der Waals surface area contributed by atoms with Crippen molar-refractivity contribution in [3.63, 3.8) is 0 Å². The first-order valence-electron chi connectivity index (χ1n) is 9.12. The second kappa shape index (κ2) is 8.45. The lowest BCUT2D eigenvalue weighted by Gasteiger charge is -2.11. The molecule has 0 unspecified atom stereocenters. The molecule has 2 aromatic carbocycles. The number of carbonyl (C=O) groups excluding carboxylic acids is 2. The Hall–Kier alpha value is -3.50. The van der Waals surface area contributed by atoms with Crippen LogP contribution in [0.4, 0.5) is 24.5 Å². The third-order valence-electron chi connectivity index (χ3n) is 4.65. The Balaban J connectivity index is 1.86. The van der Waals surface area contributed by atoms with Crippen molar-refractivity contribution in [1.29, 1.82) is 0 Å². The predicted octanol–water partition coefficient (Wildman–Crippen LogP) is 6.05. The molecule has 0 saturated carbocycles. The van der Waals surface area contributed by atoms with Crippen molar-refractivity contribution >= 4 is 68.3 Å². The maximum absolute atomic E-state index is 13.1. The van der Waals surface area contributed by atoms with Crippen molar-refractivity contribution in [1.82, 2.24) is 4.98 Å². The molecule has 2 aromatic heterocycles. The smallest absolute Gasteiger partial charge is 0.471 e. The number of carbonyl (C=O) groups is 2. The van der Waals surface area contributed by atoms with E-state index in [0.717, 1.165) is 0 Å². The normalized spacial score (nSPS) is 11.6. The van der Waals surface area contributed by atoms with Gasteiger partial charge in [0.1, 0.15) is 5.58 Å². The molecule has 170 valence electrons. The van der Waals surface area contributed by atoms with Crippen LogP contribution in [-0.2, 0) is 4.79 Å². The van der Waals surface area contributed by atoms with Crippen molar-refractivity contribution in [3.8, 4) is 5.75 Å². The summed E-state index contributed by atoms with van der Waals surface area (Å²) in [6.45, 7) is 0. The molecule has 0 spiro atoms. The van der Waals surface area contributed by atoms with Gasteiger partial charge in [0.15, 0.2) is 11.3 Å². The fourth-order valence-electron chi connectivity index (χ4n) is 3.20. The highest BCUT2D eigenvalue weighted by atomic mass is 35.5. The highest BCUT2D eigenvalue weighted by molar-refractivity contribution is 6.40. The van der Waals surface area contributed by atoms with Gasteiger partial charge >= 0.3 is 12.1 Å². The zero-order chi connectivity index (χ0) is 23.9. The maximum atomic E-state index is 13.1. The molecule has 2 amide bonds. The van der Waals surface area contributed by atoms with Crippen LogP contribution in [-0.4, -0.2) is 30.1 Å². The van der Waals surface area contributed by atoms with Crippen molar-refractivity contribution in [2.75, 3.05) is 17.7 Å². The molecule has 4 aromatic rings. The predicted molar refractivity (Wildman–Crippen MR) is 117 cm³/mol. The summed E-state index contributed by atoms with van der Waals surface area (Å²) in [5.41, 5.74) is 0.544. The summed E-state index contributed by atoms with van der Waals surface area (Å²) in [7, 11) is 1.40. The van der Waals surface area contributed by atoms with Gasteiger partial charge in [0.25, 0.3) is 5.91 Å². The van der Waals surface area contributed by atoms with Crippen LogP contribution >= 0.6 is 23.2 Å². The molecule has 0 bridgehead atoms. The molecule has 0 radical (unpaired) electrons. The Bertz CT molecular complexity index is 1400. The third-order valence-corrected chi connectivity index (χ3v) is 5.23. The number of rotatable bonds is 4. The molecule has 0 fully saturated rings. The minimum Gasteiger partial charge on any atom is -0.493 e. The number of hydrogen-bond donors (Lipinski definition) is 2. The van der Waals surface area contributed by atoms with Gasteiger partial charge in [-0.05, 0) is 30.3 Å². The number of fused-ring (bicyclic) bond motifs is 3. The Morgan fingerprint density at radius 3 is 2.39 bits per heavy atom. The Morgan fingerprint density at radius 2 is 1.76 bits per heavy atom. The average Bonchev–Trinajstić information content (AvgIpc) is 3.14. The van der Waals surface area contributed by atoms with E-state index in [9.17, 15) is 22.8 Å². The summed E-state index contributed by atoms with van der Waals surface area (Å²) >= 11 is 12.1. The van der Waals surface area contributed by atoms with E-state index in [1.807, 2.05) is 0 Å². The van der Waals surface area contributed by atoms with Gasteiger partial charge in [0.05, 0.1) is 28.4 Å². The quantitative estimate of drug-likeness (QED) is 0.358. The van der Waals surface area contributed by atoms with Gasteiger partial charge in [-0.1, -0.05) is 23.2 Å². The van der Waals surface area contributed by atoms with Gasteiger partial charge < -0.3 is 19.8 Å². The summed E-state index contributed by atoms with van der Waals surface area (Å²) in [5, 5.41) is 5.13. The van der Waals surface area contributed by atoms with Crippen molar-refractivity contribution in [2.24, 2.45) is 0 Å². The number of methoxy groups -OCH3 is 1. The Kier molecular flexibility index (Phi) is 5.81. The molecule has 4 rings (SSSR count). The first-order valence-corrected chi connectivity index (χ1v) is 9.87. The SMILES string of the molecule is COc1ccc(C(=O)Nc2c(Cl)cncc2Cl)c2c1oc1ccc(NC(=O)C(F)(F)F)cc12. The molecule has 7 nitrogen and oxygen atoms in total. The van der Waals surface area contributed by atoms with E-state index < -0.39 is 18.0 Å². The van der Waals surface area contributed by atoms with E-state index >= 15 is 0 Å². The molecule has 0 aliphatic rings. The highest BCUT2D eigenvalue weighted by Gasteiger charge is 2.38. The van der Waals surface area contributed by atoms with E-state index in [1.165, 1.54) is 49.8 Å². The summed E-state index contributed by atoms with van der Waals surface area (Å²) in [5.74, 6) is -2.46. The van der Waals surface area contributed by atoms with Crippen LogP contribution in [0.3, 0.4) is 0 Å². The number of nitrogens with zero attached hydrogens (tertiary/aromatic N) is 1. The molecule has 12 heteroatoms. The zero-order valence-electron chi connectivity index (χ0n) is 16.5. The third kappa shape index (κ3) is 4.27. The van der Waals surface area contributed by atoms with Gasteiger partial charge in [-0.3, -0.25) is 14.6 Å². The molecule has 0 atom stereocenters. The molecule has 33 heavy (non-hydrogen) atoms. The number of amides is 2. The van der Waals surface area contributed by atoms with Crippen molar-refractivity contribution in [2.45, 2.75) is 6.18 Å². The highest BCUT2D eigenvalue weighted by Crippen LogP contribution is 2.39. The van der Waals surface area contributed by atoms with Crippen molar-refractivity contribution < 1.29 is 31.9 Å². The van der Waals surface area contributed by atoms with Crippen LogP contribution in [0, 0.1) is 0 Å². The minimum atomic E-state index is -5.06. The lowest BCUT2D eigenvalue weighted by atomic mass is 10.0. The minimum absolute atomic E-state index is 0.104. The number of nitrogens with one attached hydrogen (secondary N) is 2. The second-order valence-corrected chi connectivity index (χ2v) is 7.53. The topological polar surface area (TPSA) is 93.5 Å². The number of ether oxygens (including phenoxy) is 1. The molecule has 2 heterocycles. The number of alkyl halides is 3. The summed E-state index contributed by atoms with van der Waals surface area (Å²) in [4.78, 5) is 28.3. The fraction of sp³-hybridized carbons (Fsp3) is 0.0952. The number of benzene rings is 2. The number of hydrogen-bond acceptors (Lipinski definition) is 5. The van der Waals surface area contributed by atoms with Crippen LogP contribution in [0.15, 0.2) is 47.1 Å². The largest absolute Gasteiger partial charge is 0.493 e. The van der Waals surface area contributed by atoms with E-state index in [4.69, 9.17) is 32.4 Å². The summed E-state index contributed by atoms with van der Waals surface area (Å²) in [6.07, 6.45) is -2.46. The molecular formula is C21H12Cl2F3N3O4. The van der Waals surface area contributed by atoms with E-state index in [2.05, 4.69) is 10.3 Å². The number of anilines is 2. The van der Waals surface area contributed by atoms with E-state index in [-0.39, 0.29) is 48.9 Å². The number of aromatic nitrogens is 1. The maximum Gasteiger partial charge on any atom is 0.471 e. The standard InChI is InChI=1S/C21H12Cl2F3N3O4/c1-32-15-5-3-10(19(30)29-17-12(22)7-27-8-13(17)23)16-11-6-9(28-20(31)21(24,25)26)2-4-14(11)33-18(15)16/h2-8H,1H3,(H,28,31)(H,27,29,30). The van der Waals surface area contributed by atoms with Gasteiger partial charge in [-0.2, -0.15) is 13.2 Å². The number of pyridine rings is 1. The lowest BCUT2D eigenvalue weighted by molar-refractivity contribution is -0.167. The lowest BCUT2D eigenvalue weighted by Crippen LogP contribution is -2.29. The van der Waals surface area contributed by atoms with Gasteiger partial charge in [-0.15, -0.1) is 0 Å². The molecule has 0 aliphatic carbocycles. The van der Waals surface area contributed by atoms with Gasteiger partial charge in [0.2, 0.25) is 0 Å². The van der Waals surface area contributed by atoms with Crippen LogP contribution in [0.5, 0.6) is 5.75 Å². The van der Waals surface area contributed by atoms with Crippen LogP contribution in [0.2, 0.25) is 10.0 Å². The second-order valence-electron chi connectivity index (χ2n) is 6.72. The monoisotopic (exact) mass is 497 g/mol. The van der Waals surface area contributed by atoms with Crippen LogP contribution in [0.25, 0.3) is 21.9 Å². The van der Waals surface area contributed by atoms with E-state index in [0.29, 0.717) is 5.75 Å². The van der Waals surface area contributed by atoms with E-state index in [1.54, 1.807) is 5.32 Å². The Labute approximate surface area is 193 Å². The first-order chi connectivity index (χ1) is 15.6. The molecule has 0 saturated heterocycles. The fourth-order valence-corrected chi connectivity index (χ4v) is 3.66. The molecular weight excluding hydrogens is 486 g/mol. The Morgan fingerprint density at radius 1 is 1.06 bits per heavy atom. The molecule has 2 N–H and O–H groups in total. The van der Waals surface area contributed by atoms with Crippen LogP contribution < -0.4 is 15.4 Å². The first kappa shape index (κ1) is 22.7. The average molecular weight is 498 g/mol. The number of halogens is 5.